The number of halogens is 1. The Morgan fingerprint density at radius 1 is 0.852 bits per heavy atom. The van der Waals surface area contributed by atoms with Crippen LogP contribution in [0.2, 0.25) is 0 Å². The molecule has 6 heteroatoms. The van der Waals surface area contributed by atoms with Gasteiger partial charge in [0.05, 0.1) is 0 Å². The highest BCUT2D eigenvalue weighted by Gasteiger charge is 2.10. The normalized spacial score (nSPS) is 10.1. The van der Waals surface area contributed by atoms with E-state index in [1.807, 2.05) is 48.5 Å². The first-order valence-electron chi connectivity index (χ1n) is 8.25. The van der Waals surface area contributed by atoms with E-state index in [0.29, 0.717) is 5.75 Å². The van der Waals surface area contributed by atoms with Crippen LogP contribution in [0.1, 0.15) is 10.4 Å². The molecule has 0 aliphatic carbocycles. The van der Waals surface area contributed by atoms with Crippen molar-refractivity contribution in [1.29, 1.82) is 0 Å². The van der Waals surface area contributed by atoms with Crippen molar-refractivity contribution >= 4 is 11.8 Å². The molecule has 0 aromatic heterocycles. The number of para-hydroxylation sites is 1. The van der Waals surface area contributed by atoms with Crippen molar-refractivity contribution in [3.05, 3.63) is 90.2 Å². The molecule has 27 heavy (non-hydrogen) atoms. The lowest BCUT2D eigenvalue weighted by molar-refractivity contribution is -0.123. The number of carbonyl (C=O) groups excluding carboxylic acids is 2. The Bertz CT molecular complexity index is 945. The Morgan fingerprint density at radius 3 is 2.37 bits per heavy atom. The summed E-state index contributed by atoms with van der Waals surface area (Å²) in [5.41, 5.74) is 6.39. The minimum Gasteiger partial charge on any atom is -0.483 e. The van der Waals surface area contributed by atoms with E-state index in [2.05, 4.69) is 10.9 Å². The summed E-state index contributed by atoms with van der Waals surface area (Å²) in [5, 5.41) is 0. The average Bonchev–Trinajstić information content (AvgIpc) is 2.71. The fourth-order valence-electron chi connectivity index (χ4n) is 2.46. The van der Waals surface area contributed by atoms with E-state index in [9.17, 15) is 14.0 Å². The zero-order valence-corrected chi connectivity index (χ0v) is 14.3. The molecule has 0 radical (unpaired) electrons. The van der Waals surface area contributed by atoms with Gasteiger partial charge in [-0.05, 0) is 29.8 Å². The summed E-state index contributed by atoms with van der Waals surface area (Å²) in [6, 6.07) is 22.2. The summed E-state index contributed by atoms with van der Waals surface area (Å²) < 4.78 is 18.7. The second-order valence-corrected chi connectivity index (χ2v) is 5.66. The van der Waals surface area contributed by atoms with Crippen LogP contribution in [0, 0.1) is 5.82 Å². The van der Waals surface area contributed by atoms with Gasteiger partial charge in [-0.1, -0.05) is 54.6 Å². The highest BCUT2D eigenvalue weighted by molar-refractivity contribution is 5.95. The summed E-state index contributed by atoms with van der Waals surface area (Å²) >= 11 is 0. The van der Waals surface area contributed by atoms with Gasteiger partial charge in [0.1, 0.15) is 11.6 Å². The Balaban J connectivity index is 1.56. The Morgan fingerprint density at radius 2 is 1.59 bits per heavy atom. The SMILES string of the molecule is O=C(COc1ccccc1-c1ccccc1)NNC(=O)c1cccc(F)c1. The summed E-state index contributed by atoms with van der Waals surface area (Å²) in [5.74, 6) is -1.14. The molecule has 136 valence electrons. The van der Waals surface area contributed by atoms with E-state index in [0.717, 1.165) is 17.2 Å². The molecule has 0 bridgehead atoms. The molecule has 0 saturated carbocycles. The van der Waals surface area contributed by atoms with Crippen molar-refractivity contribution in [1.82, 2.24) is 10.9 Å². The van der Waals surface area contributed by atoms with Crippen molar-refractivity contribution < 1.29 is 18.7 Å². The first-order chi connectivity index (χ1) is 13.1. The fraction of sp³-hybridized carbons (Fsp3) is 0.0476. The quantitative estimate of drug-likeness (QED) is 0.683. The second-order valence-electron chi connectivity index (χ2n) is 5.66. The predicted octanol–water partition coefficient (Wildman–Crippen LogP) is 3.33. The van der Waals surface area contributed by atoms with Crippen molar-refractivity contribution in [2.75, 3.05) is 6.61 Å². The molecule has 3 aromatic rings. The smallest absolute Gasteiger partial charge is 0.276 e. The molecular formula is C21H17FN2O3. The zero-order valence-electron chi connectivity index (χ0n) is 14.3. The van der Waals surface area contributed by atoms with Gasteiger partial charge in [-0.15, -0.1) is 0 Å². The number of hydrogen-bond donors (Lipinski definition) is 2. The van der Waals surface area contributed by atoms with Crippen molar-refractivity contribution in [3.63, 3.8) is 0 Å². The molecule has 0 saturated heterocycles. The Labute approximate surface area is 155 Å². The van der Waals surface area contributed by atoms with E-state index in [1.54, 1.807) is 6.07 Å². The van der Waals surface area contributed by atoms with E-state index in [1.165, 1.54) is 18.2 Å². The molecule has 3 rings (SSSR count). The molecule has 2 amide bonds. The Kier molecular flexibility index (Phi) is 5.79. The number of hydrazine groups is 1. The number of ether oxygens (including phenoxy) is 1. The maximum atomic E-state index is 13.1. The third-order valence-corrected chi connectivity index (χ3v) is 3.73. The summed E-state index contributed by atoms with van der Waals surface area (Å²) in [7, 11) is 0. The minimum atomic E-state index is -0.618. The lowest BCUT2D eigenvalue weighted by Crippen LogP contribution is -2.43. The molecule has 0 spiro atoms. The van der Waals surface area contributed by atoms with Gasteiger partial charge in [0.2, 0.25) is 0 Å². The van der Waals surface area contributed by atoms with Gasteiger partial charge >= 0.3 is 0 Å². The van der Waals surface area contributed by atoms with Gasteiger partial charge in [-0.25, -0.2) is 4.39 Å². The molecule has 0 unspecified atom stereocenters. The van der Waals surface area contributed by atoms with Crippen LogP contribution in [0.3, 0.4) is 0 Å². The largest absolute Gasteiger partial charge is 0.483 e. The van der Waals surface area contributed by atoms with E-state index >= 15 is 0 Å². The standard InChI is InChI=1S/C21H17FN2O3/c22-17-10-6-9-16(13-17)21(26)24-23-20(25)14-27-19-12-5-4-11-18(19)15-7-2-1-3-8-15/h1-13H,14H2,(H,23,25)(H,24,26). The van der Waals surface area contributed by atoms with Crippen LogP contribution >= 0.6 is 0 Å². The number of hydrogen-bond acceptors (Lipinski definition) is 3. The van der Waals surface area contributed by atoms with Crippen LogP contribution in [0.25, 0.3) is 11.1 Å². The van der Waals surface area contributed by atoms with Crippen LogP contribution in [0.4, 0.5) is 4.39 Å². The molecule has 2 N–H and O–H groups in total. The van der Waals surface area contributed by atoms with E-state index in [4.69, 9.17) is 4.74 Å². The lowest BCUT2D eigenvalue weighted by Gasteiger charge is -2.12. The van der Waals surface area contributed by atoms with Gasteiger partial charge in [-0.3, -0.25) is 20.4 Å². The van der Waals surface area contributed by atoms with E-state index < -0.39 is 17.6 Å². The van der Waals surface area contributed by atoms with E-state index in [-0.39, 0.29) is 12.2 Å². The predicted molar refractivity (Wildman–Crippen MR) is 99.4 cm³/mol. The van der Waals surface area contributed by atoms with Crippen molar-refractivity contribution in [2.24, 2.45) is 0 Å². The number of amides is 2. The lowest BCUT2D eigenvalue weighted by atomic mass is 10.1. The molecule has 0 aliphatic rings. The second kappa shape index (κ2) is 8.62. The number of carbonyl (C=O) groups is 2. The first-order valence-corrected chi connectivity index (χ1v) is 8.25. The zero-order chi connectivity index (χ0) is 19.1. The molecular weight excluding hydrogens is 347 g/mol. The molecule has 0 aliphatic heterocycles. The summed E-state index contributed by atoms with van der Waals surface area (Å²) in [6.45, 7) is -0.284. The van der Waals surface area contributed by atoms with Gasteiger partial charge in [0.15, 0.2) is 6.61 Å². The fourth-order valence-corrected chi connectivity index (χ4v) is 2.46. The minimum absolute atomic E-state index is 0.102. The van der Waals surface area contributed by atoms with Crippen LogP contribution in [0.15, 0.2) is 78.9 Å². The number of nitrogens with one attached hydrogen (secondary N) is 2. The van der Waals surface area contributed by atoms with Gasteiger partial charge in [0, 0.05) is 11.1 Å². The van der Waals surface area contributed by atoms with Crippen molar-refractivity contribution in [2.45, 2.75) is 0 Å². The average molecular weight is 364 g/mol. The number of benzene rings is 3. The molecule has 5 nitrogen and oxygen atoms in total. The van der Waals surface area contributed by atoms with Crippen LogP contribution < -0.4 is 15.6 Å². The monoisotopic (exact) mass is 364 g/mol. The van der Waals surface area contributed by atoms with Gasteiger partial charge in [0.25, 0.3) is 11.8 Å². The van der Waals surface area contributed by atoms with Crippen molar-refractivity contribution in [3.8, 4) is 16.9 Å². The number of rotatable bonds is 5. The molecule has 0 heterocycles. The molecule has 3 aromatic carbocycles. The summed E-state index contributed by atoms with van der Waals surface area (Å²) in [4.78, 5) is 23.8. The van der Waals surface area contributed by atoms with Gasteiger partial charge < -0.3 is 4.74 Å². The van der Waals surface area contributed by atoms with Crippen LogP contribution in [-0.4, -0.2) is 18.4 Å². The van der Waals surface area contributed by atoms with Crippen LogP contribution in [-0.2, 0) is 4.79 Å². The third kappa shape index (κ3) is 4.92. The first kappa shape index (κ1) is 18.1. The summed E-state index contributed by atoms with van der Waals surface area (Å²) in [6.07, 6.45) is 0. The molecule has 0 atom stereocenters. The van der Waals surface area contributed by atoms with Gasteiger partial charge in [-0.2, -0.15) is 0 Å². The third-order valence-electron chi connectivity index (χ3n) is 3.73. The highest BCUT2D eigenvalue weighted by atomic mass is 19.1. The maximum Gasteiger partial charge on any atom is 0.276 e. The Hall–Kier alpha value is -3.67. The van der Waals surface area contributed by atoms with Crippen LogP contribution in [0.5, 0.6) is 5.75 Å². The molecule has 0 fully saturated rings. The topological polar surface area (TPSA) is 67.4 Å². The maximum absolute atomic E-state index is 13.1. The highest BCUT2D eigenvalue weighted by Crippen LogP contribution is 2.29.